The summed E-state index contributed by atoms with van der Waals surface area (Å²) in [5.74, 6) is 1.35. The summed E-state index contributed by atoms with van der Waals surface area (Å²) in [6.45, 7) is 4.01. The third kappa shape index (κ3) is 5.73. The number of benzene rings is 2. The molecule has 0 radical (unpaired) electrons. The first-order valence-electron chi connectivity index (χ1n) is 12.5. The minimum atomic E-state index is -0.227. The summed E-state index contributed by atoms with van der Waals surface area (Å²) >= 11 is 1.60. The van der Waals surface area contributed by atoms with Gasteiger partial charge >= 0.3 is 0 Å². The van der Waals surface area contributed by atoms with Crippen LogP contribution in [0, 0.1) is 5.82 Å². The molecule has 1 amide bonds. The number of piperazine rings is 1. The fourth-order valence-corrected chi connectivity index (χ4v) is 5.29. The zero-order valence-electron chi connectivity index (χ0n) is 20.8. The summed E-state index contributed by atoms with van der Waals surface area (Å²) in [5, 5.41) is 2.96. The van der Waals surface area contributed by atoms with E-state index >= 15 is 0 Å². The van der Waals surface area contributed by atoms with Gasteiger partial charge in [0.05, 0.1) is 22.7 Å². The molecule has 0 spiro atoms. The van der Waals surface area contributed by atoms with Gasteiger partial charge in [-0.15, -0.1) is 11.3 Å². The number of methoxy groups -OCH3 is 1. The highest BCUT2D eigenvalue weighted by Crippen LogP contribution is 2.30. The zero-order chi connectivity index (χ0) is 25.6. The van der Waals surface area contributed by atoms with E-state index in [0.29, 0.717) is 63.8 Å². The van der Waals surface area contributed by atoms with Crippen molar-refractivity contribution in [2.75, 3.05) is 62.8 Å². The summed E-state index contributed by atoms with van der Waals surface area (Å²) in [5.41, 5.74) is 1.46. The molecule has 1 aliphatic heterocycles. The van der Waals surface area contributed by atoms with Crippen LogP contribution in [0.2, 0.25) is 0 Å². The number of hydrogen-bond acceptors (Lipinski definition) is 7. The van der Waals surface area contributed by atoms with E-state index < -0.39 is 0 Å². The van der Waals surface area contributed by atoms with Crippen molar-refractivity contribution in [2.24, 2.45) is 0 Å². The highest BCUT2D eigenvalue weighted by atomic mass is 32.1. The Morgan fingerprint density at radius 2 is 1.78 bits per heavy atom. The van der Waals surface area contributed by atoms with Gasteiger partial charge in [-0.1, -0.05) is 30.3 Å². The van der Waals surface area contributed by atoms with Gasteiger partial charge in [0.1, 0.15) is 11.6 Å². The molecule has 2 aromatic heterocycles. The van der Waals surface area contributed by atoms with Crippen LogP contribution in [0.25, 0.3) is 21.6 Å². The lowest BCUT2D eigenvalue weighted by Gasteiger charge is -2.36. The molecule has 0 saturated carbocycles. The quantitative estimate of drug-likeness (QED) is 0.320. The van der Waals surface area contributed by atoms with Gasteiger partial charge in [-0.05, 0) is 35.7 Å². The molecule has 0 bridgehead atoms. The number of hydrogen-bond donors (Lipinski definition) is 0. The van der Waals surface area contributed by atoms with Gasteiger partial charge in [-0.2, -0.15) is 0 Å². The molecule has 0 unspecified atom stereocenters. The Hall–Kier alpha value is -3.56. The van der Waals surface area contributed by atoms with Gasteiger partial charge < -0.3 is 19.4 Å². The van der Waals surface area contributed by atoms with Crippen LogP contribution in [-0.2, 0) is 9.53 Å². The van der Waals surface area contributed by atoms with Gasteiger partial charge in [-0.3, -0.25) is 4.79 Å². The van der Waals surface area contributed by atoms with Crippen LogP contribution in [-0.4, -0.2) is 73.8 Å². The highest BCUT2D eigenvalue weighted by Gasteiger charge is 2.24. The zero-order valence-corrected chi connectivity index (χ0v) is 21.7. The number of carbonyl (C=O) groups is 1. The molecule has 0 atom stereocenters. The molecule has 4 aromatic rings. The molecule has 5 rings (SSSR count). The number of carbonyl (C=O) groups excluding carboxylic acids is 1. The monoisotopic (exact) mass is 519 g/mol. The lowest BCUT2D eigenvalue weighted by Crippen LogP contribution is -2.49. The highest BCUT2D eigenvalue weighted by molar-refractivity contribution is 7.13. The smallest absolute Gasteiger partial charge is 0.224 e. The van der Waals surface area contributed by atoms with Crippen LogP contribution in [0.4, 0.5) is 15.9 Å². The van der Waals surface area contributed by atoms with Gasteiger partial charge in [0.2, 0.25) is 5.91 Å². The molecular formula is C28H30FN5O2S. The molecular weight excluding hydrogens is 489 g/mol. The van der Waals surface area contributed by atoms with E-state index in [2.05, 4.69) is 4.90 Å². The average Bonchev–Trinajstić information content (AvgIpc) is 3.48. The third-order valence-electron chi connectivity index (χ3n) is 6.61. The molecule has 2 aromatic carbocycles. The normalized spacial score (nSPS) is 13.8. The number of anilines is 2. The molecule has 7 nitrogen and oxygen atoms in total. The minimum absolute atomic E-state index is 0.0902. The van der Waals surface area contributed by atoms with Crippen LogP contribution in [0.5, 0.6) is 0 Å². The van der Waals surface area contributed by atoms with Crippen molar-refractivity contribution in [1.82, 2.24) is 14.9 Å². The van der Waals surface area contributed by atoms with E-state index in [9.17, 15) is 9.18 Å². The molecule has 0 N–H and O–H groups in total. The van der Waals surface area contributed by atoms with Crippen molar-refractivity contribution >= 4 is 39.7 Å². The second kappa shape index (κ2) is 11.7. The second-order valence-electron chi connectivity index (χ2n) is 8.91. The van der Waals surface area contributed by atoms with Crippen molar-refractivity contribution in [2.45, 2.75) is 6.42 Å². The number of halogens is 1. The standard InChI is InChI=1S/C28H30FN5O2S/c1-36-19-18-34(28-21-7-2-4-9-23(21)30-27(31-28)25-11-6-20-37-25)13-12-26(35)33-16-14-32(15-17-33)24-10-5-3-8-22(24)29/h2-11,20H,12-19H2,1H3. The lowest BCUT2D eigenvalue weighted by atomic mass is 10.2. The predicted molar refractivity (Wildman–Crippen MR) is 147 cm³/mol. The molecule has 9 heteroatoms. The summed E-state index contributed by atoms with van der Waals surface area (Å²) in [7, 11) is 1.67. The fourth-order valence-electron chi connectivity index (χ4n) is 4.64. The topological polar surface area (TPSA) is 61.8 Å². The van der Waals surface area contributed by atoms with Crippen LogP contribution < -0.4 is 9.80 Å². The number of aromatic nitrogens is 2. The van der Waals surface area contributed by atoms with Crippen LogP contribution in [0.15, 0.2) is 66.0 Å². The summed E-state index contributed by atoms with van der Waals surface area (Å²) in [4.78, 5) is 29.9. The maximum Gasteiger partial charge on any atom is 0.224 e. The first-order chi connectivity index (χ1) is 18.1. The number of amides is 1. The molecule has 192 valence electrons. The second-order valence-corrected chi connectivity index (χ2v) is 9.86. The largest absolute Gasteiger partial charge is 0.383 e. The van der Waals surface area contributed by atoms with E-state index in [4.69, 9.17) is 14.7 Å². The average molecular weight is 520 g/mol. The first kappa shape index (κ1) is 25.1. The Labute approximate surface area is 220 Å². The Kier molecular flexibility index (Phi) is 7.91. The van der Waals surface area contributed by atoms with E-state index in [1.165, 1.54) is 6.07 Å². The van der Waals surface area contributed by atoms with Gasteiger partial charge in [0.25, 0.3) is 0 Å². The Balaban J connectivity index is 1.30. The number of ether oxygens (including phenoxy) is 1. The van der Waals surface area contributed by atoms with Crippen molar-refractivity contribution in [1.29, 1.82) is 0 Å². The van der Waals surface area contributed by atoms with Crippen molar-refractivity contribution in [3.63, 3.8) is 0 Å². The summed E-state index contributed by atoms with van der Waals surface area (Å²) in [6, 6.07) is 18.8. The van der Waals surface area contributed by atoms with Crippen LogP contribution in [0.1, 0.15) is 6.42 Å². The van der Waals surface area contributed by atoms with Crippen molar-refractivity contribution < 1.29 is 13.9 Å². The SMILES string of the molecule is COCCN(CCC(=O)N1CCN(c2ccccc2F)CC1)c1nc(-c2cccs2)nc2ccccc12. The fraction of sp³-hybridized carbons (Fsp3) is 0.321. The van der Waals surface area contributed by atoms with Gasteiger partial charge in [0, 0.05) is 58.2 Å². The predicted octanol–water partition coefficient (Wildman–Crippen LogP) is 4.69. The number of fused-ring (bicyclic) bond motifs is 1. The summed E-state index contributed by atoms with van der Waals surface area (Å²) in [6.07, 6.45) is 0.357. The minimum Gasteiger partial charge on any atom is -0.383 e. The summed E-state index contributed by atoms with van der Waals surface area (Å²) < 4.78 is 19.6. The maximum absolute atomic E-state index is 14.2. The van der Waals surface area contributed by atoms with Crippen molar-refractivity contribution in [3.8, 4) is 10.7 Å². The molecule has 37 heavy (non-hydrogen) atoms. The molecule has 1 fully saturated rings. The first-order valence-corrected chi connectivity index (χ1v) is 13.3. The van der Waals surface area contributed by atoms with E-state index in [-0.39, 0.29) is 11.7 Å². The van der Waals surface area contributed by atoms with Crippen LogP contribution >= 0.6 is 11.3 Å². The number of nitrogens with zero attached hydrogens (tertiary/aromatic N) is 5. The Morgan fingerprint density at radius 1 is 1.00 bits per heavy atom. The molecule has 3 heterocycles. The Bertz CT molecular complexity index is 1340. The number of thiophene rings is 1. The molecule has 1 saturated heterocycles. The third-order valence-corrected chi connectivity index (χ3v) is 7.48. The molecule has 1 aliphatic rings. The Morgan fingerprint density at radius 3 is 2.54 bits per heavy atom. The van der Waals surface area contributed by atoms with E-state index in [0.717, 1.165) is 21.6 Å². The van der Waals surface area contributed by atoms with Crippen LogP contribution in [0.3, 0.4) is 0 Å². The maximum atomic E-state index is 14.2. The van der Waals surface area contributed by atoms with E-state index in [1.54, 1.807) is 30.6 Å². The van der Waals surface area contributed by atoms with Gasteiger partial charge in [0.15, 0.2) is 5.82 Å². The van der Waals surface area contributed by atoms with E-state index in [1.807, 2.05) is 57.6 Å². The molecule has 0 aliphatic carbocycles. The van der Waals surface area contributed by atoms with Crippen molar-refractivity contribution in [3.05, 3.63) is 71.9 Å². The van der Waals surface area contributed by atoms with Gasteiger partial charge in [-0.25, -0.2) is 14.4 Å². The number of para-hydroxylation sites is 2. The lowest BCUT2D eigenvalue weighted by molar-refractivity contribution is -0.131. The number of rotatable bonds is 9.